The van der Waals surface area contributed by atoms with Gasteiger partial charge in [-0.25, -0.2) is 4.79 Å². The molecule has 0 amide bonds. The number of halogens is 1. The predicted octanol–water partition coefficient (Wildman–Crippen LogP) is 2.14. The lowest BCUT2D eigenvalue weighted by molar-refractivity contribution is 0.281. The molecule has 35 heavy (non-hydrogen) atoms. The van der Waals surface area contributed by atoms with Crippen LogP contribution in [0.3, 0.4) is 0 Å². The molecule has 4 rings (SSSR count). The molecule has 0 aliphatic carbocycles. The van der Waals surface area contributed by atoms with Gasteiger partial charge in [0.25, 0.3) is 5.56 Å². The Kier molecular flexibility index (Phi) is 6.30. The zero-order chi connectivity index (χ0) is 25.2. The van der Waals surface area contributed by atoms with Gasteiger partial charge in [-0.05, 0) is 30.3 Å². The third-order valence-electron chi connectivity index (χ3n) is 4.91. The number of aromatic nitrogens is 3. The van der Waals surface area contributed by atoms with Gasteiger partial charge in [-0.1, -0.05) is 3.89 Å². The lowest BCUT2D eigenvalue weighted by atomic mass is 10.3. The van der Waals surface area contributed by atoms with Gasteiger partial charge in [0.2, 0.25) is 0 Å². The summed E-state index contributed by atoms with van der Waals surface area (Å²) in [5.41, 5.74) is -0.0128. The number of hydrogen-bond acceptors (Lipinski definition) is 8. The van der Waals surface area contributed by atoms with E-state index in [9.17, 15) is 21.9 Å². The minimum atomic E-state index is -5.28. The minimum Gasteiger partial charge on any atom is -0.488 e. The fourth-order valence-electron chi connectivity index (χ4n) is 3.27. The summed E-state index contributed by atoms with van der Waals surface area (Å²) in [6, 6.07) is 11.9. The van der Waals surface area contributed by atoms with Crippen molar-refractivity contribution in [3.63, 3.8) is 0 Å². The van der Waals surface area contributed by atoms with E-state index in [1.54, 1.807) is 35.0 Å². The van der Waals surface area contributed by atoms with Crippen molar-refractivity contribution in [1.29, 1.82) is 5.26 Å². The van der Waals surface area contributed by atoms with Gasteiger partial charge in [0.15, 0.2) is 17.2 Å². The number of ether oxygens (including phenoxy) is 2. The third kappa shape index (κ3) is 5.33. The van der Waals surface area contributed by atoms with Crippen molar-refractivity contribution in [2.45, 2.75) is 6.54 Å². The predicted molar refractivity (Wildman–Crippen MR) is 121 cm³/mol. The Labute approximate surface area is 197 Å². The molecule has 0 bridgehead atoms. The van der Waals surface area contributed by atoms with Crippen LogP contribution in [-0.4, -0.2) is 28.6 Å². The average Bonchev–Trinajstić information content (AvgIpc) is 3.24. The number of pyridine rings is 1. The highest BCUT2D eigenvalue weighted by molar-refractivity contribution is 7.81. The number of hydrogen-bond donors (Lipinski definition) is 0. The highest BCUT2D eigenvalue weighted by Crippen LogP contribution is 2.37. The van der Waals surface area contributed by atoms with Crippen LogP contribution in [0.4, 0.5) is 3.89 Å². The number of nitrogens with zero attached hydrogens (tertiary/aromatic N) is 4. The van der Waals surface area contributed by atoms with E-state index in [1.165, 1.54) is 36.0 Å². The molecule has 4 aromatic rings. The van der Waals surface area contributed by atoms with E-state index in [0.717, 1.165) is 10.6 Å². The van der Waals surface area contributed by atoms with Crippen molar-refractivity contribution in [2.75, 3.05) is 6.61 Å². The van der Waals surface area contributed by atoms with Gasteiger partial charge in [0.05, 0.1) is 17.6 Å². The maximum absolute atomic E-state index is 13.0. The number of benzene rings is 1. The van der Waals surface area contributed by atoms with Crippen LogP contribution < -0.4 is 24.9 Å². The second-order valence-corrected chi connectivity index (χ2v) is 8.18. The normalized spacial score (nSPS) is 11.2. The van der Waals surface area contributed by atoms with Crippen LogP contribution in [0.25, 0.3) is 5.52 Å². The summed E-state index contributed by atoms with van der Waals surface area (Å²) in [5, 5.41) is 9.17. The Morgan fingerprint density at radius 1 is 1.06 bits per heavy atom. The molecule has 0 saturated heterocycles. The Hall–Kier alpha value is -4.57. The zero-order valence-corrected chi connectivity index (χ0v) is 18.9. The topological polar surface area (TPSA) is 134 Å². The summed E-state index contributed by atoms with van der Waals surface area (Å²) >= 11 is 0. The van der Waals surface area contributed by atoms with Crippen LogP contribution in [0.5, 0.6) is 23.0 Å². The highest BCUT2D eigenvalue weighted by atomic mass is 32.3. The summed E-state index contributed by atoms with van der Waals surface area (Å²) in [5.74, 6) is 0.133. The molecule has 11 nitrogen and oxygen atoms in total. The zero-order valence-electron chi connectivity index (χ0n) is 18.1. The van der Waals surface area contributed by atoms with Crippen LogP contribution in [0.15, 0.2) is 70.6 Å². The fourth-order valence-corrected chi connectivity index (χ4v) is 3.60. The molecule has 0 aliphatic rings. The first-order valence-electron chi connectivity index (χ1n) is 10.0. The molecule has 13 heteroatoms. The molecule has 3 aromatic heterocycles. The molecular weight excluding hydrogens is 483 g/mol. The molecular formula is C22H17FN4O7S. The third-order valence-corrected chi connectivity index (χ3v) is 5.30. The Bertz CT molecular complexity index is 1680. The summed E-state index contributed by atoms with van der Waals surface area (Å²) in [6.45, 7) is -0.0487. The van der Waals surface area contributed by atoms with Gasteiger partial charge in [0.1, 0.15) is 18.4 Å². The van der Waals surface area contributed by atoms with Crippen molar-refractivity contribution in [1.82, 2.24) is 13.5 Å². The van der Waals surface area contributed by atoms with Gasteiger partial charge >= 0.3 is 16.2 Å². The van der Waals surface area contributed by atoms with E-state index in [4.69, 9.17) is 14.7 Å². The molecule has 0 fully saturated rings. The summed E-state index contributed by atoms with van der Waals surface area (Å²) in [6.07, 6.45) is 4.67. The first-order valence-corrected chi connectivity index (χ1v) is 11.3. The van der Waals surface area contributed by atoms with Crippen LogP contribution in [-0.2, 0) is 24.1 Å². The van der Waals surface area contributed by atoms with Gasteiger partial charge in [-0.3, -0.25) is 13.9 Å². The van der Waals surface area contributed by atoms with Crippen LogP contribution >= 0.6 is 0 Å². The second kappa shape index (κ2) is 9.35. The molecule has 0 atom stereocenters. The molecule has 0 unspecified atom stereocenters. The highest BCUT2D eigenvalue weighted by Gasteiger charge is 2.16. The molecule has 0 radical (unpaired) electrons. The van der Waals surface area contributed by atoms with Crippen molar-refractivity contribution in [3.05, 3.63) is 87.5 Å². The molecule has 0 saturated carbocycles. The quantitative estimate of drug-likeness (QED) is 0.336. The summed E-state index contributed by atoms with van der Waals surface area (Å²) < 4.78 is 54.7. The Morgan fingerprint density at radius 3 is 2.60 bits per heavy atom. The van der Waals surface area contributed by atoms with Gasteiger partial charge < -0.3 is 18.1 Å². The lowest BCUT2D eigenvalue weighted by Crippen LogP contribution is -2.37. The molecule has 3 heterocycles. The number of fused-ring (bicyclic) bond motifs is 1. The van der Waals surface area contributed by atoms with E-state index in [1.807, 2.05) is 6.07 Å². The van der Waals surface area contributed by atoms with E-state index < -0.39 is 21.8 Å². The van der Waals surface area contributed by atoms with Crippen molar-refractivity contribution >= 4 is 16.0 Å². The summed E-state index contributed by atoms with van der Waals surface area (Å²) in [7, 11) is -3.94. The maximum atomic E-state index is 13.0. The van der Waals surface area contributed by atoms with Crippen molar-refractivity contribution < 1.29 is 26.0 Å². The second-order valence-electron chi connectivity index (χ2n) is 7.23. The smallest absolute Gasteiger partial charge is 0.488 e. The molecule has 0 spiro atoms. The standard InChI is InChI=1S/C22H17FN4O7S/c1-25-21(28)6-8-26(22(25)29)9-10-32-20-12-16(34-35(23,30)31)4-5-19(20)33-18-3-2-7-27-14-15(13-24)11-17(18)27/h2-8,11-12,14H,9-10H2,1H3. The Morgan fingerprint density at radius 2 is 1.86 bits per heavy atom. The van der Waals surface area contributed by atoms with Gasteiger partial charge in [0, 0.05) is 37.8 Å². The monoisotopic (exact) mass is 500 g/mol. The molecule has 0 aliphatic heterocycles. The van der Waals surface area contributed by atoms with Crippen LogP contribution in [0, 0.1) is 11.3 Å². The molecule has 0 N–H and O–H groups in total. The number of nitriles is 1. The van der Waals surface area contributed by atoms with Crippen molar-refractivity contribution in [3.8, 4) is 29.1 Å². The SMILES string of the molecule is Cn1c(=O)ccn(CCOc2cc(OS(=O)(=O)F)ccc2Oc2cccn3cc(C#N)cc23)c1=O. The summed E-state index contributed by atoms with van der Waals surface area (Å²) in [4.78, 5) is 23.8. The molecule has 1 aromatic carbocycles. The van der Waals surface area contributed by atoms with E-state index in [2.05, 4.69) is 4.18 Å². The van der Waals surface area contributed by atoms with E-state index >= 15 is 0 Å². The molecule has 180 valence electrons. The lowest BCUT2D eigenvalue weighted by Gasteiger charge is -2.15. The first-order chi connectivity index (χ1) is 16.6. The van der Waals surface area contributed by atoms with Crippen molar-refractivity contribution in [2.24, 2.45) is 7.05 Å². The van der Waals surface area contributed by atoms with Crippen LogP contribution in [0.2, 0.25) is 0 Å². The first kappa shape index (κ1) is 23.6. The number of rotatable bonds is 8. The van der Waals surface area contributed by atoms with E-state index in [-0.39, 0.29) is 30.4 Å². The fraction of sp³-hybridized carbons (Fsp3) is 0.136. The largest absolute Gasteiger partial charge is 0.488 e. The van der Waals surface area contributed by atoms with Crippen LogP contribution in [0.1, 0.15) is 5.56 Å². The van der Waals surface area contributed by atoms with Gasteiger partial charge in [-0.15, -0.1) is 0 Å². The van der Waals surface area contributed by atoms with Gasteiger partial charge in [-0.2, -0.15) is 13.7 Å². The maximum Gasteiger partial charge on any atom is 0.488 e. The minimum absolute atomic E-state index is 0.00177. The van der Waals surface area contributed by atoms with E-state index in [0.29, 0.717) is 16.8 Å². The average molecular weight is 500 g/mol. The Balaban J connectivity index is 1.64.